The van der Waals surface area contributed by atoms with Crippen LogP contribution in [0.2, 0.25) is 0 Å². The van der Waals surface area contributed by atoms with Crippen LogP contribution in [0.5, 0.6) is 0 Å². The summed E-state index contributed by atoms with van der Waals surface area (Å²) in [6, 6.07) is 13.1. The molecule has 0 fully saturated rings. The van der Waals surface area contributed by atoms with Crippen LogP contribution in [0, 0.1) is 11.6 Å². The lowest BCUT2D eigenvalue weighted by Crippen LogP contribution is -2.22. The van der Waals surface area contributed by atoms with E-state index in [-0.39, 0.29) is 12.1 Å². The van der Waals surface area contributed by atoms with Crippen LogP contribution in [0.15, 0.2) is 78.2 Å². The molecule has 0 bridgehead atoms. The van der Waals surface area contributed by atoms with Gasteiger partial charge in [-0.1, -0.05) is 12.1 Å². The fourth-order valence-electron chi connectivity index (χ4n) is 3.46. The highest BCUT2D eigenvalue weighted by atomic mass is 19.1. The smallest absolute Gasteiger partial charge is 0.263 e. The van der Waals surface area contributed by atoms with Crippen LogP contribution >= 0.6 is 0 Å². The molecule has 0 amide bonds. The van der Waals surface area contributed by atoms with Crippen molar-refractivity contribution in [3.63, 3.8) is 0 Å². The number of benzene rings is 2. The largest absolute Gasteiger partial charge is 0.294 e. The summed E-state index contributed by atoms with van der Waals surface area (Å²) in [5.41, 5.74) is 0.797. The molecule has 0 aliphatic rings. The minimum absolute atomic E-state index is 0.198. The maximum absolute atomic E-state index is 14.8. The molecule has 0 N–H and O–H groups in total. The average molecular weight is 400 g/mol. The van der Waals surface area contributed by atoms with E-state index in [1.54, 1.807) is 30.6 Å². The molecular weight excluding hydrogens is 386 g/mol. The molecular formula is C23H14F2N4O. The Kier molecular flexibility index (Phi) is 4.28. The monoisotopic (exact) mass is 400 g/mol. The molecule has 5 aromatic rings. The summed E-state index contributed by atoms with van der Waals surface area (Å²) in [6.45, 7) is -0.266. The van der Waals surface area contributed by atoms with Crippen LogP contribution in [0.4, 0.5) is 8.78 Å². The highest BCUT2D eigenvalue weighted by molar-refractivity contribution is 5.86. The van der Waals surface area contributed by atoms with E-state index in [9.17, 15) is 13.6 Å². The second-order valence-corrected chi connectivity index (χ2v) is 6.91. The highest BCUT2D eigenvalue weighted by Gasteiger charge is 2.15. The minimum Gasteiger partial charge on any atom is -0.294 e. The zero-order valence-corrected chi connectivity index (χ0v) is 15.6. The number of fused-ring (bicyclic) bond motifs is 2. The van der Waals surface area contributed by atoms with E-state index in [1.165, 1.54) is 29.2 Å². The summed E-state index contributed by atoms with van der Waals surface area (Å²) in [7, 11) is 0. The first kappa shape index (κ1) is 18.1. The lowest BCUT2D eigenvalue weighted by Gasteiger charge is -2.11. The van der Waals surface area contributed by atoms with Crippen LogP contribution in [-0.4, -0.2) is 19.5 Å². The van der Waals surface area contributed by atoms with Gasteiger partial charge in [0.1, 0.15) is 18.0 Å². The maximum Gasteiger partial charge on any atom is 0.263 e. The van der Waals surface area contributed by atoms with Crippen molar-refractivity contribution in [2.24, 2.45) is 0 Å². The Morgan fingerprint density at radius 3 is 2.53 bits per heavy atom. The second-order valence-electron chi connectivity index (χ2n) is 6.91. The molecule has 0 saturated carbocycles. The third kappa shape index (κ3) is 3.10. The lowest BCUT2D eigenvalue weighted by molar-refractivity contribution is 0.541. The standard InChI is InChI=1S/C23H14F2N4O/c24-20-9-17(14-3-4-16-11-26-7-5-15(16)8-14)10-21(25)19(20)12-29-13-28-22-18(23(29)30)2-1-6-27-22/h1-11,13H,12H2. The molecule has 0 radical (unpaired) electrons. The molecule has 0 aliphatic heterocycles. The van der Waals surface area contributed by atoms with Crippen molar-refractivity contribution in [2.45, 2.75) is 6.54 Å². The van der Waals surface area contributed by atoms with Gasteiger partial charge >= 0.3 is 0 Å². The quantitative estimate of drug-likeness (QED) is 0.452. The van der Waals surface area contributed by atoms with Crippen molar-refractivity contribution in [3.05, 3.63) is 101 Å². The molecule has 5 nitrogen and oxygen atoms in total. The Labute approximate surface area is 169 Å². The third-order valence-corrected chi connectivity index (χ3v) is 5.04. The van der Waals surface area contributed by atoms with Gasteiger partial charge in [0, 0.05) is 29.5 Å². The van der Waals surface area contributed by atoms with Crippen molar-refractivity contribution in [1.82, 2.24) is 19.5 Å². The van der Waals surface area contributed by atoms with Crippen LogP contribution in [0.3, 0.4) is 0 Å². The molecule has 0 spiro atoms. The predicted octanol–water partition coefficient (Wildman–Crippen LogP) is 4.33. The summed E-state index contributed by atoms with van der Waals surface area (Å²) < 4.78 is 30.9. The number of pyridine rings is 2. The van der Waals surface area contributed by atoms with Gasteiger partial charge in [-0.25, -0.2) is 18.7 Å². The van der Waals surface area contributed by atoms with Gasteiger partial charge in [-0.3, -0.25) is 14.3 Å². The summed E-state index contributed by atoms with van der Waals surface area (Å²) in [5, 5.41) is 2.16. The van der Waals surface area contributed by atoms with Crippen molar-refractivity contribution >= 4 is 21.8 Å². The first-order valence-electron chi connectivity index (χ1n) is 9.22. The van der Waals surface area contributed by atoms with Crippen LogP contribution in [0.25, 0.3) is 32.9 Å². The number of hydrogen-bond donors (Lipinski definition) is 0. The summed E-state index contributed by atoms with van der Waals surface area (Å²) in [5.74, 6) is -1.45. The molecule has 2 aromatic carbocycles. The molecule has 5 rings (SSSR count). The maximum atomic E-state index is 14.8. The number of nitrogens with zero attached hydrogens (tertiary/aromatic N) is 4. The predicted molar refractivity (Wildman–Crippen MR) is 110 cm³/mol. The fraction of sp³-hybridized carbons (Fsp3) is 0.0435. The number of aromatic nitrogens is 4. The number of hydrogen-bond acceptors (Lipinski definition) is 4. The van der Waals surface area contributed by atoms with Crippen molar-refractivity contribution in [1.29, 1.82) is 0 Å². The number of halogens is 2. The lowest BCUT2D eigenvalue weighted by atomic mass is 10.0. The Morgan fingerprint density at radius 2 is 1.70 bits per heavy atom. The molecule has 0 unspecified atom stereocenters. The zero-order chi connectivity index (χ0) is 20.7. The van der Waals surface area contributed by atoms with Gasteiger partial charge in [0.25, 0.3) is 5.56 Å². The van der Waals surface area contributed by atoms with Crippen molar-refractivity contribution in [2.75, 3.05) is 0 Å². The van der Waals surface area contributed by atoms with Gasteiger partial charge in [-0.15, -0.1) is 0 Å². The molecule has 7 heteroatoms. The van der Waals surface area contributed by atoms with E-state index in [0.29, 0.717) is 22.2 Å². The summed E-state index contributed by atoms with van der Waals surface area (Å²) in [6.07, 6.45) is 6.18. The number of rotatable bonds is 3. The van der Waals surface area contributed by atoms with E-state index in [4.69, 9.17) is 0 Å². The second kappa shape index (κ2) is 7.11. The molecule has 0 atom stereocenters. The van der Waals surface area contributed by atoms with Gasteiger partial charge in [0.05, 0.1) is 11.9 Å². The Morgan fingerprint density at radius 1 is 0.867 bits per heavy atom. The van der Waals surface area contributed by atoms with Gasteiger partial charge in [-0.05, 0) is 52.9 Å². The van der Waals surface area contributed by atoms with Crippen LogP contribution in [0.1, 0.15) is 5.56 Å². The molecule has 3 heterocycles. The summed E-state index contributed by atoms with van der Waals surface area (Å²) >= 11 is 0. The molecule has 146 valence electrons. The molecule has 3 aromatic heterocycles. The van der Waals surface area contributed by atoms with Crippen LogP contribution in [-0.2, 0) is 6.54 Å². The molecule has 30 heavy (non-hydrogen) atoms. The topological polar surface area (TPSA) is 60.7 Å². The Balaban J connectivity index is 1.54. The van der Waals surface area contributed by atoms with E-state index in [0.717, 1.165) is 10.8 Å². The normalized spacial score (nSPS) is 11.3. The van der Waals surface area contributed by atoms with Gasteiger partial charge in [-0.2, -0.15) is 0 Å². The van der Waals surface area contributed by atoms with Crippen LogP contribution < -0.4 is 5.56 Å². The minimum atomic E-state index is -0.724. The summed E-state index contributed by atoms with van der Waals surface area (Å²) in [4.78, 5) is 24.8. The van der Waals surface area contributed by atoms with E-state index in [2.05, 4.69) is 15.0 Å². The Bertz CT molecular complexity index is 1460. The Hall–Kier alpha value is -4.00. The van der Waals surface area contributed by atoms with Gasteiger partial charge < -0.3 is 0 Å². The van der Waals surface area contributed by atoms with Gasteiger partial charge in [0.2, 0.25) is 0 Å². The highest BCUT2D eigenvalue weighted by Crippen LogP contribution is 2.27. The van der Waals surface area contributed by atoms with Crippen molar-refractivity contribution < 1.29 is 8.78 Å². The average Bonchev–Trinajstić information content (AvgIpc) is 2.77. The molecule has 0 aliphatic carbocycles. The van der Waals surface area contributed by atoms with Crippen molar-refractivity contribution in [3.8, 4) is 11.1 Å². The SMILES string of the molecule is O=c1c2cccnc2ncn1Cc1c(F)cc(-c2ccc3cnccc3c2)cc1F. The van der Waals surface area contributed by atoms with E-state index >= 15 is 0 Å². The van der Waals surface area contributed by atoms with E-state index < -0.39 is 17.2 Å². The van der Waals surface area contributed by atoms with E-state index in [1.807, 2.05) is 18.2 Å². The molecule has 0 saturated heterocycles. The fourth-order valence-corrected chi connectivity index (χ4v) is 3.46. The first-order valence-corrected chi connectivity index (χ1v) is 9.22. The first-order chi connectivity index (χ1) is 14.6. The van der Waals surface area contributed by atoms with Gasteiger partial charge in [0.15, 0.2) is 5.65 Å². The zero-order valence-electron chi connectivity index (χ0n) is 15.6. The third-order valence-electron chi connectivity index (χ3n) is 5.04.